The summed E-state index contributed by atoms with van der Waals surface area (Å²) in [6.07, 6.45) is 23.9. The van der Waals surface area contributed by atoms with Gasteiger partial charge in [-0.3, -0.25) is 9.69 Å². The van der Waals surface area contributed by atoms with Crippen LogP contribution in [0.1, 0.15) is 98.3 Å². The number of aromatic nitrogens is 1. The van der Waals surface area contributed by atoms with E-state index >= 15 is 0 Å². The Hall–Kier alpha value is -4.38. The zero-order valence-corrected chi connectivity index (χ0v) is 44.3. The van der Waals surface area contributed by atoms with Gasteiger partial charge in [-0.1, -0.05) is 72.3 Å². The number of halogens is 1. The Balaban J connectivity index is 0.763. The summed E-state index contributed by atoms with van der Waals surface area (Å²) in [5.74, 6) is 1.80. The van der Waals surface area contributed by atoms with Gasteiger partial charge >= 0.3 is 0 Å². The molecule has 9 nitrogen and oxygen atoms in total. The van der Waals surface area contributed by atoms with Crippen molar-refractivity contribution in [1.29, 1.82) is 0 Å². The molecule has 12 heteroatoms. The number of likely N-dealkylation sites (tertiary alicyclic amines) is 2. The minimum atomic E-state index is -0.727. The van der Waals surface area contributed by atoms with Gasteiger partial charge in [0.25, 0.3) is 5.91 Å². The number of carbonyl (C=O) groups is 1. The Bertz CT molecular complexity index is 2570. The van der Waals surface area contributed by atoms with E-state index in [9.17, 15) is 15.0 Å². The van der Waals surface area contributed by atoms with Gasteiger partial charge < -0.3 is 35.6 Å². The largest absolute Gasteiger partial charge is 0.393 e. The smallest absolute Gasteiger partial charge is 0.253 e. The van der Waals surface area contributed by atoms with Crippen LogP contribution in [0.2, 0.25) is 5.02 Å². The highest BCUT2D eigenvalue weighted by molar-refractivity contribution is 7.99. The molecule has 3 aliphatic carbocycles. The minimum Gasteiger partial charge on any atom is -0.393 e. The maximum atomic E-state index is 14.2. The van der Waals surface area contributed by atoms with E-state index in [4.69, 9.17) is 24.2 Å². The number of hydrogen-bond acceptors (Lipinski definition) is 9. The normalized spacial score (nSPS) is 24.5. The van der Waals surface area contributed by atoms with Crippen molar-refractivity contribution >= 4 is 53.2 Å². The summed E-state index contributed by atoms with van der Waals surface area (Å²) >= 11 is 13.1. The molecule has 376 valence electrons. The Labute approximate surface area is 437 Å². The number of nitrogens with one attached hydrogen (secondary N) is 3. The fourth-order valence-electron chi connectivity index (χ4n) is 11.5. The molecule has 5 aliphatic rings. The second kappa shape index (κ2) is 23.7. The first-order valence-corrected chi connectivity index (χ1v) is 27.9. The van der Waals surface area contributed by atoms with Crippen molar-refractivity contribution < 1.29 is 15.0 Å². The summed E-state index contributed by atoms with van der Waals surface area (Å²) in [6.45, 7) is 9.83. The molecule has 1 aromatic heterocycles. The number of amides is 1. The second-order valence-corrected chi connectivity index (χ2v) is 23.0. The van der Waals surface area contributed by atoms with Crippen LogP contribution in [-0.4, -0.2) is 105 Å². The third-order valence-corrected chi connectivity index (χ3v) is 17.5. The first-order valence-electron chi connectivity index (χ1n) is 26.1. The fourth-order valence-corrected chi connectivity index (χ4v) is 12.9. The van der Waals surface area contributed by atoms with Crippen LogP contribution >= 0.6 is 36.0 Å². The van der Waals surface area contributed by atoms with Gasteiger partial charge in [-0.05, 0) is 169 Å². The van der Waals surface area contributed by atoms with Crippen LogP contribution in [0.15, 0.2) is 113 Å². The van der Waals surface area contributed by atoms with E-state index in [1.807, 2.05) is 44.8 Å². The van der Waals surface area contributed by atoms with Crippen LogP contribution in [0, 0.1) is 30.9 Å². The maximum Gasteiger partial charge on any atom is 0.253 e. The summed E-state index contributed by atoms with van der Waals surface area (Å²) in [7, 11) is 2.03. The van der Waals surface area contributed by atoms with Gasteiger partial charge in [-0.15, -0.1) is 24.4 Å². The van der Waals surface area contributed by atoms with Gasteiger partial charge in [0.15, 0.2) is 0 Å². The molecule has 2 saturated heterocycles. The molecule has 5 N–H and O–H groups in total. The first kappa shape index (κ1) is 51.5. The van der Waals surface area contributed by atoms with Crippen LogP contribution in [0.5, 0.6) is 0 Å². The molecule has 0 radical (unpaired) electrons. The van der Waals surface area contributed by atoms with Gasteiger partial charge in [-0.25, -0.2) is 0 Å². The molecule has 3 aromatic carbocycles. The van der Waals surface area contributed by atoms with Crippen LogP contribution in [-0.2, 0) is 13.5 Å². The number of thiol groups is 1. The van der Waals surface area contributed by atoms with E-state index in [0.717, 1.165) is 129 Å². The zero-order chi connectivity index (χ0) is 49.5. The van der Waals surface area contributed by atoms with E-state index in [2.05, 4.69) is 127 Å². The van der Waals surface area contributed by atoms with Gasteiger partial charge in [0.1, 0.15) is 0 Å². The number of rotatable bonds is 18. The maximum absolute atomic E-state index is 14.2. The Morgan fingerprint density at radius 1 is 1.01 bits per heavy atom. The molecular weight excluding hydrogens is 940 g/mol. The summed E-state index contributed by atoms with van der Waals surface area (Å²) in [5, 5.41) is 31.7. The molecule has 3 heterocycles. The Morgan fingerprint density at radius 3 is 2.56 bits per heavy atom. The third kappa shape index (κ3) is 13.2. The molecular formula is C59H73ClN6O3S2. The lowest BCUT2D eigenvalue weighted by molar-refractivity contribution is -0.0367. The summed E-state index contributed by atoms with van der Waals surface area (Å²) in [4.78, 5) is 21.6. The topological polar surface area (TPSA) is 105 Å². The van der Waals surface area contributed by atoms with Crippen molar-refractivity contribution in [2.24, 2.45) is 18.9 Å². The molecule has 4 aromatic rings. The zero-order valence-electron chi connectivity index (χ0n) is 41.8. The van der Waals surface area contributed by atoms with Gasteiger partial charge in [-0.2, -0.15) is 0 Å². The van der Waals surface area contributed by atoms with E-state index in [1.54, 1.807) is 0 Å². The molecule has 3 unspecified atom stereocenters. The van der Waals surface area contributed by atoms with Crippen LogP contribution in [0.25, 0.3) is 16.8 Å². The Morgan fingerprint density at radius 2 is 1.83 bits per heavy atom. The second-order valence-electron chi connectivity index (χ2n) is 21.0. The average Bonchev–Trinajstić information content (AvgIpc) is 3.47. The van der Waals surface area contributed by atoms with E-state index in [0.29, 0.717) is 47.3 Å². The van der Waals surface area contributed by atoms with Crippen molar-refractivity contribution in [1.82, 2.24) is 25.0 Å². The highest BCUT2D eigenvalue weighted by atomic mass is 35.5. The number of benzene rings is 2. The molecule has 3 fully saturated rings. The number of nitrogens with zero attached hydrogens (tertiary/aromatic N) is 3. The molecule has 2 aliphatic heterocycles. The van der Waals surface area contributed by atoms with Gasteiger partial charge in [0.05, 0.1) is 28.0 Å². The summed E-state index contributed by atoms with van der Waals surface area (Å²) in [5.41, 5.74) is 8.37. The lowest BCUT2D eigenvalue weighted by Gasteiger charge is -2.41. The number of hydrogen-bond donors (Lipinski definition) is 6. The summed E-state index contributed by atoms with van der Waals surface area (Å²) < 4.78 is 2.12. The predicted molar refractivity (Wildman–Crippen MR) is 295 cm³/mol. The number of aliphatic hydroxyl groups excluding tert-OH is 1. The van der Waals surface area contributed by atoms with Gasteiger partial charge in [0, 0.05) is 95.1 Å². The van der Waals surface area contributed by atoms with Crippen molar-refractivity contribution in [2.75, 3.05) is 50.3 Å². The molecule has 71 heavy (non-hydrogen) atoms. The SMILES string of the molecule is Cc1c(C(=O)N[C@H]2C[C@@](C)(O)C2)c(C2=CC=CC(C3CCCN(C4C=CC(NCCc5ccc(N[C@H](CCN6CCC(O)CC6)CSc6ccccc6)c(S)c5)=CC4)CC3)C2)c(-c2c#cc(Cl)cc2)n1C. The molecule has 0 bridgehead atoms. The molecule has 0 spiro atoms. The van der Waals surface area contributed by atoms with Crippen LogP contribution in [0.3, 0.4) is 0 Å². The van der Waals surface area contributed by atoms with Crippen molar-refractivity contribution in [3.05, 3.63) is 142 Å². The number of thioether (sulfide) groups is 1. The summed E-state index contributed by atoms with van der Waals surface area (Å²) in [6, 6.07) is 28.1. The average molecular weight is 1010 g/mol. The lowest BCUT2D eigenvalue weighted by atomic mass is 9.76. The van der Waals surface area contributed by atoms with E-state index in [-0.39, 0.29) is 18.1 Å². The predicted octanol–water partition coefficient (Wildman–Crippen LogP) is 10.7. The highest BCUT2D eigenvalue weighted by Gasteiger charge is 2.40. The fraction of sp³-hybridized carbons (Fsp3) is 0.475. The highest BCUT2D eigenvalue weighted by Crippen LogP contribution is 2.43. The molecule has 9 rings (SSSR count). The Kier molecular flexibility index (Phi) is 17.2. The monoisotopic (exact) mass is 1010 g/mol. The number of carbonyl (C=O) groups excluding carboxylic acids is 1. The number of anilines is 1. The standard InChI is InChI=1S/C59H73ClN6O3S2/c1-40-55(58(68)63-49-37-59(2,69)38-49)56(57(64(40)3)43-15-17-46(60)18-16-43)45-10-7-9-44(36-45)42-11-8-30-66(34-25-42)50-21-19-47(20-22-50)61-29-24-41-14-23-53(54(70)35-41)62-48(39-71-52-12-5-4-6-13-52)26-31-65-32-27-51(67)28-33-65/h4-7,9-10,12-15,17,19-21,23,35,42,44,48-51,61-62,67,69-70H,8,11,22,24-34,36-39H2,1-3H3,(H,63,68)/t42?,44?,48-,49-,50?,59+/m1/s1. The van der Waals surface area contributed by atoms with E-state index < -0.39 is 5.60 Å². The van der Waals surface area contributed by atoms with E-state index in [1.165, 1.54) is 28.1 Å². The molecule has 1 saturated carbocycles. The van der Waals surface area contributed by atoms with Crippen LogP contribution < -0.4 is 16.0 Å². The number of allylic oxidation sites excluding steroid dienone is 5. The molecule has 1 amide bonds. The first-order chi connectivity index (χ1) is 34.4. The van der Waals surface area contributed by atoms with Gasteiger partial charge in [0.2, 0.25) is 0 Å². The number of piperidine rings is 1. The van der Waals surface area contributed by atoms with Crippen molar-refractivity contribution in [3.63, 3.8) is 0 Å². The van der Waals surface area contributed by atoms with Crippen molar-refractivity contribution in [2.45, 2.75) is 124 Å². The third-order valence-electron chi connectivity index (χ3n) is 15.7. The van der Waals surface area contributed by atoms with Crippen LogP contribution in [0.4, 0.5) is 5.69 Å². The quantitative estimate of drug-likeness (QED) is 0.0433. The van der Waals surface area contributed by atoms with Crippen molar-refractivity contribution in [3.8, 4) is 11.3 Å². The number of aliphatic hydroxyl groups is 2. The minimum absolute atomic E-state index is 0.0459. The lowest BCUT2D eigenvalue weighted by Crippen LogP contribution is -2.53. The molecule has 4 atom stereocenters.